The van der Waals surface area contributed by atoms with Gasteiger partial charge in [0.25, 0.3) is 0 Å². The van der Waals surface area contributed by atoms with E-state index in [0.717, 1.165) is 17.7 Å². The lowest BCUT2D eigenvalue weighted by molar-refractivity contribution is 0.199. The van der Waals surface area contributed by atoms with E-state index in [-0.39, 0.29) is 11.0 Å². The number of ether oxygens (including phenoxy) is 2. The van der Waals surface area contributed by atoms with Crippen molar-refractivity contribution >= 4 is 10.0 Å². The van der Waals surface area contributed by atoms with Gasteiger partial charge in [0.1, 0.15) is 11.9 Å². The van der Waals surface area contributed by atoms with Gasteiger partial charge in [-0.2, -0.15) is 0 Å². The minimum atomic E-state index is -3.47. The molecular formula is C14H22N2O4S. The summed E-state index contributed by atoms with van der Waals surface area (Å²) in [5.41, 5.74) is 0.948. The molecule has 1 atom stereocenters. The number of sulfonamides is 1. The van der Waals surface area contributed by atoms with Gasteiger partial charge in [0.05, 0.1) is 11.5 Å². The maximum absolute atomic E-state index is 12.2. The van der Waals surface area contributed by atoms with Gasteiger partial charge in [-0.3, -0.25) is 0 Å². The second-order valence-electron chi connectivity index (χ2n) is 5.04. The molecule has 21 heavy (non-hydrogen) atoms. The third-order valence-electron chi connectivity index (χ3n) is 3.25. The molecule has 118 valence electrons. The third-order valence-corrected chi connectivity index (χ3v) is 4.71. The fourth-order valence-corrected chi connectivity index (χ4v) is 3.30. The highest BCUT2D eigenvalue weighted by Crippen LogP contribution is 2.30. The second kappa shape index (κ2) is 7.22. The van der Waals surface area contributed by atoms with Gasteiger partial charge in [-0.25, -0.2) is 13.1 Å². The van der Waals surface area contributed by atoms with E-state index in [1.54, 1.807) is 25.3 Å². The molecule has 1 heterocycles. The first-order valence-electron chi connectivity index (χ1n) is 7.02. The van der Waals surface area contributed by atoms with Crippen LogP contribution in [-0.2, 0) is 21.2 Å². The normalized spacial score (nSPS) is 17.5. The topological polar surface area (TPSA) is 76.7 Å². The van der Waals surface area contributed by atoms with Crippen LogP contribution in [0.3, 0.4) is 0 Å². The number of hydrogen-bond donors (Lipinski definition) is 2. The molecule has 0 saturated heterocycles. The number of fused-ring (bicyclic) bond motifs is 1. The number of nitrogens with one attached hydrogen (secondary N) is 2. The lowest BCUT2D eigenvalue weighted by Crippen LogP contribution is -2.33. The molecule has 2 N–H and O–H groups in total. The van der Waals surface area contributed by atoms with Crippen LogP contribution in [0, 0.1) is 0 Å². The lowest BCUT2D eigenvalue weighted by atomic mass is 10.1. The summed E-state index contributed by atoms with van der Waals surface area (Å²) in [5.74, 6) is 0.780. The summed E-state index contributed by atoms with van der Waals surface area (Å²) in [4.78, 5) is 0.288. The van der Waals surface area contributed by atoms with Crippen LogP contribution in [0.4, 0.5) is 0 Å². The highest BCUT2D eigenvalue weighted by molar-refractivity contribution is 7.89. The number of hydrogen-bond acceptors (Lipinski definition) is 5. The Kier molecular flexibility index (Phi) is 5.58. The van der Waals surface area contributed by atoms with Crippen molar-refractivity contribution in [3.63, 3.8) is 0 Å². The summed E-state index contributed by atoms with van der Waals surface area (Å²) in [7, 11) is -1.84. The Hall–Kier alpha value is -1.15. The maximum Gasteiger partial charge on any atom is 0.240 e. The Morgan fingerprint density at radius 1 is 1.33 bits per heavy atom. The Balaban J connectivity index is 1.90. The quantitative estimate of drug-likeness (QED) is 0.684. The average Bonchev–Trinajstić information content (AvgIpc) is 2.81. The smallest absolute Gasteiger partial charge is 0.240 e. The van der Waals surface area contributed by atoms with Crippen molar-refractivity contribution in [2.45, 2.75) is 24.3 Å². The molecule has 0 aromatic heterocycles. The number of methoxy groups -OCH3 is 1. The van der Waals surface area contributed by atoms with Crippen LogP contribution in [0.15, 0.2) is 23.1 Å². The summed E-state index contributed by atoms with van der Waals surface area (Å²) >= 11 is 0. The predicted molar refractivity (Wildman–Crippen MR) is 80.2 cm³/mol. The van der Waals surface area contributed by atoms with Gasteiger partial charge in [-0.1, -0.05) is 0 Å². The van der Waals surface area contributed by atoms with E-state index < -0.39 is 10.0 Å². The van der Waals surface area contributed by atoms with Crippen LogP contribution < -0.4 is 14.8 Å². The van der Waals surface area contributed by atoms with Gasteiger partial charge >= 0.3 is 0 Å². The molecule has 2 rings (SSSR count). The summed E-state index contributed by atoms with van der Waals surface area (Å²) in [6.45, 7) is 4.18. The highest BCUT2D eigenvalue weighted by Gasteiger charge is 2.22. The van der Waals surface area contributed by atoms with E-state index in [2.05, 4.69) is 10.0 Å². The Labute approximate surface area is 125 Å². The standard InChI is InChI=1S/C14H22N2O4S/c1-11-9-12-10-13(3-4-14(12)20-11)21(17,18)16-6-5-15-7-8-19-2/h3-4,10-11,15-16H,5-9H2,1-2H3. The van der Waals surface area contributed by atoms with Gasteiger partial charge in [-0.15, -0.1) is 0 Å². The molecule has 0 spiro atoms. The first-order chi connectivity index (χ1) is 10.0. The van der Waals surface area contributed by atoms with E-state index in [1.165, 1.54) is 0 Å². The van der Waals surface area contributed by atoms with Crippen molar-refractivity contribution in [1.29, 1.82) is 0 Å². The zero-order chi connectivity index (χ0) is 15.3. The largest absolute Gasteiger partial charge is 0.490 e. The highest BCUT2D eigenvalue weighted by atomic mass is 32.2. The molecule has 0 fully saturated rings. The Morgan fingerprint density at radius 3 is 2.90 bits per heavy atom. The number of rotatable bonds is 8. The number of benzene rings is 1. The Morgan fingerprint density at radius 2 is 2.14 bits per heavy atom. The van der Waals surface area contributed by atoms with Crippen LogP contribution in [0.25, 0.3) is 0 Å². The third kappa shape index (κ3) is 4.41. The van der Waals surface area contributed by atoms with Gasteiger partial charge < -0.3 is 14.8 Å². The molecule has 1 aromatic rings. The molecule has 1 aliphatic heterocycles. The maximum atomic E-state index is 12.2. The summed E-state index contributed by atoms with van der Waals surface area (Å²) < 4.78 is 37.4. The molecule has 0 bridgehead atoms. The van der Waals surface area contributed by atoms with E-state index >= 15 is 0 Å². The van der Waals surface area contributed by atoms with Crippen molar-refractivity contribution in [2.24, 2.45) is 0 Å². The van der Waals surface area contributed by atoms with Gasteiger partial charge in [0, 0.05) is 33.2 Å². The van der Waals surface area contributed by atoms with Crippen LogP contribution in [0.2, 0.25) is 0 Å². The van der Waals surface area contributed by atoms with Crippen LogP contribution >= 0.6 is 0 Å². The fourth-order valence-electron chi connectivity index (χ4n) is 2.22. The van der Waals surface area contributed by atoms with Crippen LogP contribution in [0.1, 0.15) is 12.5 Å². The van der Waals surface area contributed by atoms with E-state index in [4.69, 9.17) is 9.47 Å². The molecule has 0 saturated carbocycles. The fraction of sp³-hybridized carbons (Fsp3) is 0.571. The Bertz CT molecular complexity index is 574. The predicted octanol–water partition coefficient (Wildman–Crippen LogP) is 0.524. The van der Waals surface area contributed by atoms with Crippen LogP contribution in [0.5, 0.6) is 5.75 Å². The molecule has 7 heteroatoms. The SMILES string of the molecule is COCCNCCNS(=O)(=O)c1ccc2c(c1)CC(C)O2. The second-order valence-corrected chi connectivity index (χ2v) is 6.81. The minimum absolute atomic E-state index is 0.107. The van der Waals surface area contributed by atoms with Crippen molar-refractivity contribution in [3.8, 4) is 5.75 Å². The van der Waals surface area contributed by atoms with E-state index in [1.807, 2.05) is 6.92 Å². The average molecular weight is 314 g/mol. The molecule has 0 radical (unpaired) electrons. The molecule has 1 aromatic carbocycles. The lowest BCUT2D eigenvalue weighted by Gasteiger charge is -2.08. The first kappa shape index (κ1) is 16.2. The van der Waals surface area contributed by atoms with E-state index in [9.17, 15) is 8.42 Å². The minimum Gasteiger partial charge on any atom is -0.490 e. The zero-order valence-corrected chi connectivity index (χ0v) is 13.2. The van der Waals surface area contributed by atoms with Crippen molar-refractivity contribution < 1.29 is 17.9 Å². The summed E-state index contributed by atoms with van der Waals surface area (Å²) in [6.07, 6.45) is 0.855. The molecule has 0 amide bonds. The van der Waals surface area contributed by atoms with Crippen molar-refractivity contribution in [2.75, 3.05) is 33.4 Å². The van der Waals surface area contributed by atoms with Gasteiger partial charge in [-0.05, 0) is 30.7 Å². The molecule has 0 aliphatic carbocycles. The zero-order valence-electron chi connectivity index (χ0n) is 12.4. The molecule has 1 aliphatic rings. The van der Waals surface area contributed by atoms with E-state index in [0.29, 0.717) is 26.2 Å². The molecule has 1 unspecified atom stereocenters. The summed E-state index contributed by atoms with van der Waals surface area (Å²) in [6, 6.07) is 5.00. The molecular weight excluding hydrogens is 292 g/mol. The van der Waals surface area contributed by atoms with Crippen LogP contribution in [-0.4, -0.2) is 47.9 Å². The first-order valence-corrected chi connectivity index (χ1v) is 8.50. The van der Waals surface area contributed by atoms with Gasteiger partial charge in [0.2, 0.25) is 10.0 Å². The summed E-state index contributed by atoms with van der Waals surface area (Å²) in [5, 5.41) is 3.09. The monoisotopic (exact) mass is 314 g/mol. The van der Waals surface area contributed by atoms with Crippen molar-refractivity contribution in [1.82, 2.24) is 10.0 Å². The molecule has 6 nitrogen and oxygen atoms in total. The van der Waals surface area contributed by atoms with Gasteiger partial charge in [0.15, 0.2) is 0 Å². The van der Waals surface area contributed by atoms with Crippen molar-refractivity contribution in [3.05, 3.63) is 23.8 Å².